The van der Waals surface area contributed by atoms with Gasteiger partial charge in [0.15, 0.2) is 5.60 Å². The van der Waals surface area contributed by atoms with Crippen LogP contribution in [0.1, 0.15) is 33.1 Å². The molecular weight excluding hydrogens is 296 g/mol. The Morgan fingerprint density at radius 3 is 2.61 bits per heavy atom. The fourth-order valence-corrected chi connectivity index (χ4v) is 5.16. The maximum atomic E-state index is 13.0. The number of non-ortho nitro benzene ring substituents is 1. The highest BCUT2D eigenvalue weighted by Crippen LogP contribution is 2.75. The van der Waals surface area contributed by atoms with Crippen molar-refractivity contribution in [3.8, 4) is 0 Å². The molecule has 2 aliphatic carbocycles. The van der Waals surface area contributed by atoms with Gasteiger partial charge in [-0.1, -0.05) is 13.8 Å². The van der Waals surface area contributed by atoms with E-state index in [-0.39, 0.29) is 22.4 Å². The zero-order chi connectivity index (χ0) is 16.5. The monoisotopic (exact) mass is 316 g/mol. The summed E-state index contributed by atoms with van der Waals surface area (Å²) in [4.78, 5) is 23.2. The van der Waals surface area contributed by atoms with E-state index in [1.807, 2.05) is 0 Å². The summed E-state index contributed by atoms with van der Waals surface area (Å²) in [6.07, 6.45) is 2.96. The van der Waals surface area contributed by atoms with E-state index in [9.17, 15) is 14.9 Å². The Labute approximate surface area is 134 Å². The molecule has 23 heavy (non-hydrogen) atoms. The summed E-state index contributed by atoms with van der Waals surface area (Å²) in [5, 5.41) is 13.6. The smallest absolute Gasteiger partial charge is 0.269 e. The second kappa shape index (κ2) is 4.32. The van der Waals surface area contributed by atoms with Gasteiger partial charge >= 0.3 is 0 Å². The second-order valence-electron chi connectivity index (χ2n) is 7.56. The SMILES string of the molecule is C[C@]12CC[C@@H]3C[C@]1(C(=O)Nc1ccc([N+](=O)[O-])cc1)OC[C@@]32C. The minimum absolute atomic E-state index is 0.0118. The molecule has 1 N–H and O–H groups in total. The first-order valence-corrected chi connectivity index (χ1v) is 8.02. The van der Waals surface area contributed by atoms with Crippen molar-refractivity contribution >= 4 is 17.3 Å². The average molecular weight is 316 g/mol. The third kappa shape index (κ3) is 1.59. The van der Waals surface area contributed by atoms with Crippen LogP contribution in [0, 0.1) is 26.9 Å². The molecule has 0 aromatic heterocycles. The number of nitro benzene ring substituents is 1. The number of rotatable bonds is 3. The Morgan fingerprint density at radius 1 is 1.35 bits per heavy atom. The highest BCUT2D eigenvalue weighted by molar-refractivity contribution is 5.99. The zero-order valence-corrected chi connectivity index (χ0v) is 13.3. The number of nitrogens with one attached hydrogen (secondary N) is 1. The van der Waals surface area contributed by atoms with E-state index < -0.39 is 10.5 Å². The fourth-order valence-electron chi connectivity index (χ4n) is 5.16. The van der Waals surface area contributed by atoms with Gasteiger partial charge in [-0.25, -0.2) is 0 Å². The van der Waals surface area contributed by atoms with Crippen LogP contribution in [0.4, 0.5) is 11.4 Å². The van der Waals surface area contributed by atoms with Crippen LogP contribution in [-0.4, -0.2) is 23.0 Å². The molecule has 0 unspecified atom stereocenters. The van der Waals surface area contributed by atoms with Crippen molar-refractivity contribution in [3.63, 3.8) is 0 Å². The van der Waals surface area contributed by atoms with Crippen LogP contribution in [0.3, 0.4) is 0 Å². The number of benzene rings is 1. The molecule has 4 atom stereocenters. The molecule has 1 aromatic carbocycles. The number of carbonyl (C=O) groups excluding carboxylic acids is 1. The van der Waals surface area contributed by atoms with Crippen molar-refractivity contribution in [2.45, 2.75) is 38.7 Å². The molecule has 1 aliphatic heterocycles. The molecule has 122 valence electrons. The molecule has 1 amide bonds. The van der Waals surface area contributed by atoms with Gasteiger partial charge in [0.1, 0.15) is 0 Å². The molecule has 0 spiro atoms. The maximum Gasteiger partial charge on any atom is 0.269 e. The van der Waals surface area contributed by atoms with E-state index in [1.54, 1.807) is 12.1 Å². The minimum atomic E-state index is -0.757. The van der Waals surface area contributed by atoms with Gasteiger partial charge in [-0.15, -0.1) is 0 Å². The lowest BCUT2D eigenvalue weighted by Gasteiger charge is -2.39. The summed E-state index contributed by atoms with van der Waals surface area (Å²) in [6, 6.07) is 5.93. The Hall–Kier alpha value is -1.95. The lowest BCUT2D eigenvalue weighted by molar-refractivity contribution is -0.384. The Bertz CT molecular complexity index is 703. The molecule has 1 saturated heterocycles. The quantitative estimate of drug-likeness (QED) is 0.686. The van der Waals surface area contributed by atoms with E-state index in [0.29, 0.717) is 18.2 Å². The molecule has 1 heterocycles. The first-order valence-electron chi connectivity index (χ1n) is 8.02. The molecule has 1 aromatic rings. The van der Waals surface area contributed by atoms with E-state index in [0.717, 1.165) is 12.8 Å². The van der Waals surface area contributed by atoms with Crippen molar-refractivity contribution in [2.24, 2.45) is 16.7 Å². The van der Waals surface area contributed by atoms with Crippen molar-refractivity contribution in [3.05, 3.63) is 34.4 Å². The van der Waals surface area contributed by atoms with Crippen molar-refractivity contribution < 1.29 is 14.5 Å². The van der Waals surface area contributed by atoms with Crippen LogP contribution in [0.2, 0.25) is 0 Å². The van der Waals surface area contributed by atoms with E-state index in [4.69, 9.17) is 4.74 Å². The third-order valence-electron chi connectivity index (χ3n) is 6.90. The van der Waals surface area contributed by atoms with Gasteiger partial charge in [-0.2, -0.15) is 0 Å². The number of anilines is 1. The Kier molecular flexibility index (Phi) is 2.75. The zero-order valence-electron chi connectivity index (χ0n) is 13.3. The lowest BCUT2D eigenvalue weighted by Crippen LogP contribution is -2.52. The minimum Gasteiger partial charge on any atom is -0.364 e. The van der Waals surface area contributed by atoms with Gasteiger partial charge in [-0.3, -0.25) is 14.9 Å². The number of nitro groups is 1. The van der Waals surface area contributed by atoms with Gasteiger partial charge in [0.25, 0.3) is 11.6 Å². The van der Waals surface area contributed by atoms with Crippen molar-refractivity contribution in [1.82, 2.24) is 0 Å². The molecule has 3 aliphatic rings. The van der Waals surface area contributed by atoms with Gasteiger partial charge in [0.05, 0.1) is 11.5 Å². The van der Waals surface area contributed by atoms with Crippen LogP contribution >= 0.6 is 0 Å². The summed E-state index contributed by atoms with van der Waals surface area (Å²) in [6.45, 7) is 5.07. The summed E-state index contributed by atoms with van der Waals surface area (Å²) in [5.74, 6) is 0.434. The summed E-state index contributed by atoms with van der Waals surface area (Å²) >= 11 is 0. The molecule has 4 rings (SSSR count). The highest BCUT2D eigenvalue weighted by atomic mass is 16.6. The number of ether oxygens (including phenoxy) is 1. The number of hydrogen-bond donors (Lipinski definition) is 1. The number of carbonyl (C=O) groups is 1. The molecule has 6 nitrogen and oxygen atoms in total. The number of amides is 1. The first-order chi connectivity index (χ1) is 10.8. The molecule has 0 radical (unpaired) electrons. The van der Waals surface area contributed by atoms with E-state index in [2.05, 4.69) is 19.2 Å². The topological polar surface area (TPSA) is 81.5 Å². The highest BCUT2D eigenvalue weighted by Gasteiger charge is 2.78. The second-order valence-corrected chi connectivity index (χ2v) is 7.56. The standard InChI is InChI=1S/C17H20N2O4/c1-15-10-23-17(9-11(15)7-8-16(15,17)2)14(20)18-12-3-5-13(6-4-12)19(21)22/h3-6,11H,7-10H2,1-2H3,(H,18,20)/t11-,15+,16-,17-/m1/s1. The number of hydrogen-bond acceptors (Lipinski definition) is 4. The molecule has 2 saturated carbocycles. The summed E-state index contributed by atoms with van der Waals surface area (Å²) < 4.78 is 6.06. The lowest BCUT2D eigenvalue weighted by atomic mass is 9.66. The molecule has 6 heteroatoms. The maximum absolute atomic E-state index is 13.0. The predicted octanol–water partition coefficient (Wildman–Crippen LogP) is 3.13. The summed E-state index contributed by atoms with van der Waals surface area (Å²) in [7, 11) is 0. The van der Waals surface area contributed by atoms with E-state index >= 15 is 0 Å². The van der Waals surface area contributed by atoms with Gasteiger partial charge in [0.2, 0.25) is 0 Å². The van der Waals surface area contributed by atoms with E-state index in [1.165, 1.54) is 18.6 Å². The van der Waals surface area contributed by atoms with Crippen molar-refractivity contribution in [1.29, 1.82) is 0 Å². The van der Waals surface area contributed by atoms with Crippen LogP contribution in [0.25, 0.3) is 0 Å². The van der Waals surface area contributed by atoms with Crippen LogP contribution in [-0.2, 0) is 9.53 Å². The Balaban J connectivity index is 1.60. The van der Waals surface area contributed by atoms with Gasteiger partial charge in [0, 0.05) is 28.7 Å². The predicted molar refractivity (Wildman–Crippen MR) is 84.0 cm³/mol. The third-order valence-corrected chi connectivity index (χ3v) is 6.90. The normalized spacial score (nSPS) is 40.3. The van der Waals surface area contributed by atoms with Crippen LogP contribution in [0.15, 0.2) is 24.3 Å². The largest absolute Gasteiger partial charge is 0.364 e. The molecule has 3 fully saturated rings. The molecular formula is C17H20N2O4. The number of nitrogens with zero attached hydrogens (tertiary/aromatic N) is 1. The van der Waals surface area contributed by atoms with Crippen molar-refractivity contribution in [2.75, 3.05) is 11.9 Å². The first kappa shape index (κ1) is 14.6. The average Bonchev–Trinajstić information content (AvgIpc) is 2.99. The summed E-state index contributed by atoms with van der Waals surface area (Å²) in [5.41, 5.74) is -0.224. The van der Waals surface area contributed by atoms with Gasteiger partial charge < -0.3 is 10.1 Å². The van der Waals surface area contributed by atoms with Gasteiger partial charge in [-0.05, 0) is 37.3 Å². The van der Waals surface area contributed by atoms with Crippen LogP contribution < -0.4 is 5.32 Å². The molecule has 4 bridgehead atoms. The van der Waals surface area contributed by atoms with Crippen LogP contribution in [0.5, 0.6) is 0 Å². The Morgan fingerprint density at radius 2 is 2.04 bits per heavy atom. The fraction of sp³-hybridized carbons (Fsp3) is 0.588.